The molecule has 1 amide bonds. The minimum atomic E-state index is 0.0531. The molecule has 1 fully saturated rings. The Balaban J connectivity index is 1.98. The lowest BCUT2D eigenvalue weighted by molar-refractivity contribution is 0.0952. The number of amides is 1. The molecule has 2 heteroatoms. The first-order valence-corrected chi connectivity index (χ1v) is 6.35. The van der Waals surface area contributed by atoms with Crippen LogP contribution in [0.25, 0.3) is 0 Å². The zero-order chi connectivity index (χ0) is 12.5. The summed E-state index contributed by atoms with van der Waals surface area (Å²) in [6.45, 7) is 7.36. The second-order valence-electron chi connectivity index (χ2n) is 5.98. The predicted molar refractivity (Wildman–Crippen MR) is 70.2 cm³/mol. The molecule has 0 heterocycles. The molecule has 0 aliphatic heterocycles. The molecule has 0 bridgehead atoms. The van der Waals surface area contributed by atoms with E-state index in [1.807, 2.05) is 24.3 Å². The third-order valence-corrected chi connectivity index (χ3v) is 3.26. The largest absolute Gasteiger partial charge is 0.352 e. The zero-order valence-corrected chi connectivity index (χ0v) is 10.9. The van der Waals surface area contributed by atoms with E-state index >= 15 is 0 Å². The molecule has 17 heavy (non-hydrogen) atoms. The van der Waals surface area contributed by atoms with Gasteiger partial charge in [0.1, 0.15) is 0 Å². The van der Waals surface area contributed by atoms with Crippen molar-refractivity contribution in [1.82, 2.24) is 5.32 Å². The van der Waals surface area contributed by atoms with E-state index in [0.29, 0.717) is 0 Å². The summed E-state index contributed by atoms with van der Waals surface area (Å²) in [5.41, 5.74) is 2.16. The van der Waals surface area contributed by atoms with Crippen LogP contribution in [-0.4, -0.2) is 12.5 Å². The maximum absolute atomic E-state index is 11.8. The van der Waals surface area contributed by atoms with Gasteiger partial charge in [-0.25, -0.2) is 0 Å². The molecule has 0 spiro atoms. The van der Waals surface area contributed by atoms with Crippen LogP contribution in [0.15, 0.2) is 24.3 Å². The highest BCUT2D eigenvalue weighted by atomic mass is 16.1. The van der Waals surface area contributed by atoms with Gasteiger partial charge in [0.05, 0.1) is 0 Å². The average Bonchev–Trinajstić information content (AvgIpc) is 3.09. The third-order valence-electron chi connectivity index (χ3n) is 3.26. The van der Waals surface area contributed by atoms with E-state index in [1.54, 1.807) is 0 Å². The van der Waals surface area contributed by atoms with Crippen LogP contribution in [0.5, 0.6) is 0 Å². The van der Waals surface area contributed by atoms with E-state index in [9.17, 15) is 4.79 Å². The topological polar surface area (TPSA) is 29.1 Å². The lowest BCUT2D eigenvalue weighted by atomic mass is 9.87. The Hall–Kier alpha value is -1.31. The van der Waals surface area contributed by atoms with Crippen LogP contribution in [-0.2, 0) is 5.41 Å². The van der Waals surface area contributed by atoms with Crippen LogP contribution in [0, 0.1) is 5.92 Å². The minimum absolute atomic E-state index is 0.0531. The lowest BCUT2D eigenvalue weighted by Crippen LogP contribution is -2.25. The number of carbonyl (C=O) groups excluding carboxylic acids is 1. The summed E-state index contributed by atoms with van der Waals surface area (Å²) in [4.78, 5) is 11.8. The number of carbonyl (C=O) groups is 1. The Bertz CT molecular complexity index is 396. The number of benzene rings is 1. The Morgan fingerprint density at radius 2 is 1.82 bits per heavy atom. The van der Waals surface area contributed by atoms with Gasteiger partial charge in [-0.3, -0.25) is 4.79 Å². The highest BCUT2D eigenvalue weighted by Gasteiger charge is 2.22. The number of nitrogens with one attached hydrogen (secondary N) is 1. The van der Waals surface area contributed by atoms with Gasteiger partial charge in [0.2, 0.25) is 0 Å². The van der Waals surface area contributed by atoms with Crippen LogP contribution < -0.4 is 5.32 Å². The van der Waals surface area contributed by atoms with Crippen molar-refractivity contribution in [2.45, 2.75) is 39.0 Å². The molecule has 92 valence electrons. The van der Waals surface area contributed by atoms with Gasteiger partial charge < -0.3 is 5.32 Å². The Morgan fingerprint density at radius 3 is 2.29 bits per heavy atom. The third kappa shape index (κ3) is 3.32. The fraction of sp³-hybridized carbons (Fsp3) is 0.533. The van der Waals surface area contributed by atoms with Crippen molar-refractivity contribution in [1.29, 1.82) is 0 Å². The summed E-state index contributed by atoms with van der Waals surface area (Å²) in [6.07, 6.45) is 2.53. The molecule has 0 unspecified atom stereocenters. The number of rotatable bonds is 3. The van der Waals surface area contributed by atoms with Crippen LogP contribution in [0.1, 0.15) is 49.5 Å². The van der Waals surface area contributed by atoms with E-state index in [0.717, 1.165) is 18.0 Å². The molecule has 1 aromatic carbocycles. The molecule has 1 aliphatic rings. The van der Waals surface area contributed by atoms with E-state index in [-0.39, 0.29) is 11.3 Å². The van der Waals surface area contributed by atoms with Crippen molar-refractivity contribution in [3.63, 3.8) is 0 Å². The van der Waals surface area contributed by atoms with Gasteiger partial charge in [-0.05, 0) is 41.9 Å². The zero-order valence-electron chi connectivity index (χ0n) is 10.9. The molecule has 0 aromatic heterocycles. The normalized spacial score (nSPS) is 15.7. The van der Waals surface area contributed by atoms with Crippen LogP contribution in [0.3, 0.4) is 0 Å². The van der Waals surface area contributed by atoms with Gasteiger partial charge in [0, 0.05) is 12.1 Å². The first kappa shape index (κ1) is 12.2. The number of hydrogen-bond donors (Lipinski definition) is 1. The molecule has 2 rings (SSSR count). The quantitative estimate of drug-likeness (QED) is 0.850. The van der Waals surface area contributed by atoms with Crippen molar-refractivity contribution in [3.8, 4) is 0 Å². The molecule has 1 aromatic rings. The summed E-state index contributed by atoms with van der Waals surface area (Å²) in [6, 6.07) is 7.93. The second kappa shape index (κ2) is 4.52. The van der Waals surface area contributed by atoms with Crippen LogP contribution in [0.4, 0.5) is 0 Å². The van der Waals surface area contributed by atoms with Gasteiger partial charge >= 0.3 is 0 Å². The summed E-state index contributed by atoms with van der Waals surface area (Å²) in [5, 5.41) is 2.98. The Kier molecular flexibility index (Phi) is 3.23. The van der Waals surface area contributed by atoms with E-state index in [2.05, 4.69) is 26.1 Å². The minimum Gasteiger partial charge on any atom is -0.352 e. The Morgan fingerprint density at radius 1 is 1.24 bits per heavy atom. The molecule has 0 saturated heterocycles. The van der Waals surface area contributed by atoms with Crippen molar-refractivity contribution < 1.29 is 4.79 Å². The summed E-state index contributed by atoms with van der Waals surface area (Å²) >= 11 is 0. The van der Waals surface area contributed by atoms with Crippen LogP contribution in [0.2, 0.25) is 0 Å². The molecule has 2 nitrogen and oxygen atoms in total. The van der Waals surface area contributed by atoms with E-state index in [1.165, 1.54) is 18.4 Å². The van der Waals surface area contributed by atoms with Crippen LogP contribution >= 0.6 is 0 Å². The van der Waals surface area contributed by atoms with Crippen molar-refractivity contribution in [2.24, 2.45) is 5.92 Å². The molecule has 1 aliphatic carbocycles. The van der Waals surface area contributed by atoms with Gasteiger partial charge in [0.15, 0.2) is 0 Å². The number of hydrogen-bond acceptors (Lipinski definition) is 1. The maximum Gasteiger partial charge on any atom is 0.251 e. The average molecular weight is 231 g/mol. The summed E-state index contributed by atoms with van der Waals surface area (Å²) in [5.74, 6) is 0.783. The molecular weight excluding hydrogens is 210 g/mol. The highest BCUT2D eigenvalue weighted by Crippen LogP contribution is 2.27. The lowest BCUT2D eigenvalue weighted by Gasteiger charge is -2.19. The second-order valence-corrected chi connectivity index (χ2v) is 5.98. The molecule has 1 N–H and O–H groups in total. The van der Waals surface area contributed by atoms with E-state index in [4.69, 9.17) is 0 Å². The highest BCUT2D eigenvalue weighted by molar-refractivity contribution is 5.94. The smallest absolute Gasteiger partial charge is 0.251 e. The predicted octanol–water partition coefficient (Wildman–Crippen LogP) is 3.12. The van der Waals surface area contributed by atoms with E-state index < -0.39 is 0 Å². The first-order chi connectivity index (χ1) is 7.97. The molecular formula is C15H21NO. The SMILES string of the molecule is CC(C)(C)c1ccc(C(=O)NCC2CC2)cc1. The first-order valence-electron chi connectivity index (χ1n) is 6.35. The summed E-state index contributed by atoms with van der Waals surface area (Å²) in [7, 11) is 0. The van der Waals surface area contributed by atoms with Crippen molar-refractivity contribution in [2.75, 3.05) is 6.54 Å². The molecule has 0 atom stereocenters. The van der Waals surface area contributed by atoms with Crippen molar-refractivity contribution in [3.05, 3.63) is 35.4 Å². The standard InChI is InChI=1S/C15H21NO/c1-15(2,3)13-8-6-12(7-9-13)14(17)16-10-11-4-5-11/h6-9,11H,4-5,10H2,1-3H3,(H,16,17). The summed E-state index contributed by atoms with van der Waals surface area (Å²) < 4.78 is 0. The maximum atomic E-state index is 11.8. The fourth-order valence-corrected chi connectivity index (χ4v) is 1.78. The van der Waals surface area contributed by atoms with Crippen molar-refractivity contribution >= 4 is 5.91 Å². The Labute approximate surface area is 103 Å². The molecule has 0 radical (unpaired) electrons. The fourth-order valence-electron chi connectivity index (χ4n) is 1.78. The van der Waals surface area contributed by atoms with Gasteiger partial charge in [-0.1, -0.05) is 32.9 Å². The van der Waals surface area contributed by atoms with Gasteiger partial charge in [0.25, 0.3) is 5.91 Å². The monoisotopic (exact) mass is 231 g/mol. The molecule has 1 saturated carbocycles. The van der Waals surface area contributed by atoms with Gasteiger partial charge in [-0.2, -0.15) is 0 Å². The van der Waals surface area contributed by atoms with Gasteiger partial charge in [-0.15, -0.1) is 0 Å².